The summed E-state index contributed by atoms with van der Waals surface area (Å²) < 4.78 is 0. The standard InChI is InChI=1S/C17H24N2S/c1-10-7-11(2)14(12(3)8-10)13-9-20-16(19-13)15(18)17(4,5)6/h7-9,15H,18H2,1-6H3. The van der Waals surface area contributed by atoms with Crippen molar-refractivity contribution in [3.63, 3.8) is 0 Å². The molecule has 1 atom stereocenters. The molecule has 0 fully saturated rings. The van der Waals surface area contributed by atoms with Crippen molar-refractivity contribution in [3.8, 4) is 11.3 Å². The van der Waals surface area contributed by atoms with Gasteiger partial charge in [-0.3, -0.25) is 0 Å². The number of rotatable bonds is 2. The van der Waals surface area contributed by atoms with Gasteiger partial charge in [0.15, 0.2) is 0 Å². The van der Waals surface area contributed by atoms with E-state index in [1.54, 1.807) is 11.3 Å². The summed E-state index contributed by atoms with van der Waals surface area (Å²) in [6.07, 6.45) is 0. The highest BCUT2D eigenvalue weighted by Gasteiger charge is 2.25. The Morgan fingerprint density at radius 1 is 1.10 bits per heavy atom. The second-order valence-electron chi connectivity index (χ2n) is 6.69. The van der Waals surface area contributed by atoms with Crippen LogP contribution < -0.4 is 5.73 Å². The lowest BCUT2D eigenvalue weighted by Crippen LogP contribution is -2.26. The Morgan fingerprint density at radius 2 is 1.65 bits per heavy atom. The molecule has 0 bridgehead atoms. The highest BCUT2D eigenvalue weighted by atomic mass is 32.1. The van der Waals surface area contributed by atoms with Crippen molar-refractivity contribution in [2.75, 3.05) is 0 Å². The van der Waals surface area contributed by atoms with Gasteiger partial charge in [-0.2, -0.15) is 0 Å². The van der Waals surface area contributed by atoms with Gasteiger partial charge in [-0.25, -0.2) is 4.98 Å². The van der Waals surface area contributed by atoms with E-state index in [0.29, 0.717) is 0 Å². The fourth-order valence-corrected chi connectivity index (χ4v) is 3.55. The van der Waals surface area contributed by atoms with Crippen LogP contribution in [-0.2, 0) is 0 Å². The van der Waals surface area contributed by atoms with Gasteiger partial charge in [-0.1, -0.05) is 38.5 Å². The molecule has 2 rings (SSSR count). The quantitative estimate of drug-likeness (QED) is 0.863. The molecule has 2 aromatic rings. The summed E-state index contributed by atoms with van der Waals surface area (Å²) in [5.74, 6) is 0. The highest BCUT2D eigenvalue weighted by Crippen LogP contribution is 2.35. The van der Waals surface area contributed by atoms with Gasteiger partial charge < -0.3 is 5.73 Å². The molecule has 2 N–H and O–H groups in total. The van der Waals surface area contributed by atoms with E-state index < -0.39 is 0 Å². The maximum absolute atomic E-state index is 6.31. The molecule has 0 saturated heterocycles. The molecule has 1 aromatic carbocycles. The van der Waals surface area contributed by atoms with Crippen LogP contribution >= 0.6 is 11.3 Å². The SMILES string of the molecule is Cc1cc(C)c(-c2csc(C(N)C(C)(C)C)n2)c(C)c1. The van der Waals surface area contributed by atoms with Crippen molar-refractivity contribution in [3.05, 3.63) is 39.2 Å². The normalized spacial score (nSPS) is 13.6. The molecule has 0 aliphatic rings. The molecule has 0 radical (unpaired) electrons. The zero-order valence-corrected chi connectivity index (χ0v) is 14.1. The van der Waals surface area contributed by atoms with Crippen molar-refractivity contribution in [2.45, 2.75) is 47.6 Å². The third-order valence-electron chi connectivity index (χ3n) is 3.65. The van der Waals surface area contributed by atoms with E-state index in [0.717, 1.165) is 10.7 Å². The summed E-state index contributed by atoms with van der Waals surface area (Å²) in [4.78, 5) is 4.79. The van der Waals surface area contributed by atoms with Gasteiger partial charge in [0.1, 0.15) is 5.01 Å². The summed E-state index contributed by atoms with van der Waals surface area (Å²) >= 11 is 1.66. The zero-order valence-electron chi connectivity index (χ0n) is 13.2. The van der Waals surface area contributed by atoms with Crippen LogP contribution in [-0.4, -0.2) is 4.98 Å². The Balaban J connectivity index is 2.44. The summed E-state index contributed by atoms with van der Waals surface area (Å²) in [7, 11) is 0. The van der Waals surface area contributed by atoms with Gasteiger partial charge in [-0.15, -0.1) is 11.3 Å². The summed E-state index contributed by atoms with van der Waals surface area (Å²) in [5.41, 5.74) is 12.5. The zero-order chi connectivity index (χ0) is 15.1. The van der Waals surface area contributed by atoms with Crippen LogP contribution in [0.25, 0.3) is 11.3 Å². The first-order valence-electron chi connectivity index (χ1n) is 6.99. The van der Waals surface area contributed by atoms with Gasteiger partial charge in [0, 0.05) is 10.9 Å². The topological polar surface area (TPSA) is 38.9 Å². The predicted octanol–water partition coefficient (Wildman–Crippen LogP) is 4.78. The second kappa shape index (κ2) is 5.30. The van der Waals surface area contributed by atoms with Gasteiger partial charge in [-0.05, 0) is 37.3 Å². The molecule has 1 aromatic heterocycles. The van der Waals surface area contributed by atoms with Crippen molar-refractivity contribution >= 4 is 11.3 Å². The Hall–Kier alpha value is -1.19. The number of nitrogens with zero attached hydrogens (tertiary/aromatic N) is 1. The largest absolute Gasteiger partial charge is 0.322 e. The molecule has 2 nitrogen and oxygen atoms in total. The van der Waals surface area contributed by atoms with Crippen LogP contribution in [0.1, 0.15) is 48.5 Å². The lowest BCUT2D eigenvalue weighted by atomic mass is 9.88. The maximum Gasteiger partial charge on any atom is 0.111 e. The van der Waals surface area contributed by atoms with Gasteiger partial charge in [0.05, 0.1) is 11.7 Å². The minimum Gasteiger partial charge on any atom is -0.322 e. The monoisotopic (exact) mass is 288 g/mol. The maximum atomic E-state index is 6.31. The molecule has 1 unspecified atom stereocenters. The van der Waals surface area contributed by atoms with Crippen molar-refractivity contribution in [2.24, 2.45) is 11.1 Å². The van der Waals surface area contributed by atoms with Crippen molar-refractivity contribution in [1.82, 2.24) is 4.98 Å². The molecule has 108 valence electrons. The molecular formula is C17H24N2S. The van der Waals surface area contributed by atoms with Gasteiger partial charge in [0.25, 0.3) is 0 Å². The third kappa shape index (κ3) is 2.94. The number of thiazole rings is 1. The fraction of sp³-hybridized carbons (Fsp3) is 0.471. The van der Waals surface area contributed by atoms with E-state index >= 15 is 0 Å². The van der Waals surface area contributed by atoms with Gasteiger partial charge >= 0.3 is 0 Å². The highest BCUT2D eigenvalue weighted by molar-refractivity contribution is 7.10. The van der Waals surface area contributed by atoms with Crippen LogP contribution in [0.5, 0.6) is 0 Å². The number of aryl methyl sites for hydroxylation is 3. The lowest BCUT2D eigenvalue weighted by molar-refractivity contribution is 0.326. The first-order chi connectivity index (χ1) is 9.20. The summed E-state index contributed by atoms with van der Waals surface area (Å²) in [6, 6.07) is 4.41. The van der Waals surface area contributed by atoms with E-state index in [-0.39, 0.29) is 11.5 Å². The average Bonchev–Trinajstić information content (AvgIpc) is 2.74. The summed E-state index contributed by atoms with van der Waals surface area (Å²) in [5, 5.41) is 3.15. The average molecular weight is 288 g/mol. The van der Waals surface area contributed by atoms with Crippen LogP contribution in [0.2, 0.25) is 0 Å². The van der Waals surface area contributed by atoms with E-state index in [1.165, 1.54) is 22.3 Å². The second-order valence-corrected chi connectivity index (χ2v) is 7.58. The number of hydrogen-bond acceptors (Lipinski definition) is 3. The van der Waals surface area contributed by atoms with Crippen LogP contribution in [0, 0.1) is 26.2 Å². The Labute approximate surface area is 126 Å². The smallest absolute Gasteiger partial charge is 0.111 e. The Kier molecular flexibility index (Phi) is 4.03. The minimum atomic E-state index is -0.0210. The third-order valence-corrected chi connectivity index (χ3v) is 4.58. The number of aromatic nitrogens is 1. The minimum absolute atomic E-state index is 0.0210. The van der Waals surface area contributed by atoms with Gasteiger partial charge in [0.2, 0.25) is 0 Å². The molecule has 20 heavy (non-hydrogen) atoms. The molecule has 0 saturated carbocycles. The molecule has 0 aliphatic heterocycles. The molecule has 0 aliphatic carbocycles. The molecule has 0 amide bonds. The van der Waals surface area contributed by atoms with E-state index in [1.807, 2.05) is 0 Å². The van der Waals surface area contributed by atoms with Crippen LogP contribution in [0.4, 0.5) is 0 Å². The molecule has 1 heterocycles. The number of benzene rings is 1. The van der Waals surface area contributed by atoms with E-state index in [4.69, 9.17) is 10.7 Å². The summed E-state index contributed by atoms with van der Waals surface area (Å²) in [6.45, 7) is 12.9. The van der Waals surface area contributed by atoms with Crippen LogP contribution in [0.15, 0.2) is 17.5 Å². The molecule has 0 spiro atoms. The lowest BCUT2D eigenvalue weighted by Gasteiger charge is -2.24. The molecular weight excluding hydrogens is 264 g/mol. The van der Waals surface area contributed by atoms with Crippen LogP contribution in [0.3, 0.4) is 0 Å². The predicted molar refractivity (Wildman–Crippen MR) is 88.1 cm³/mol. The molecule has 3 heteroatoms. The Morgan fingerprint density at radius 3 is 2.15 bits per heavy atom. The number of nitrogens with two attached hydrogens (primary N) is 1. The van der Waals surface area contributed by atoms with Crippen molar-refractivity contribution in [1.29, 1.82) is 0 Å². The first-order valence-corrected chi connectivity index (χ1v) is 7.87. The first kappa shape index (κ1) is 15.2. The fourth-order valence-electron chi connectivity index (χ4n) is 2.50. The van der Waals surface area contributed by atoms with Crippen molar-refractivity contribution < 1.29 is 0 Å². The number of hydrogen-bond donors (Lipinski definition) is 1. The van der Waals surface area contributed by atoms with E-state index in [2.05, 4.69) is 59.1 Å². The van der Waals surface area contributed by atoms with E-state index in [9.17, 15) is 0 Å². The Bertz CT molecular complexity index is 597.